The number of aromatic amines is 1. The molecule has 3 heterocycles. The molecule has 6 nitrogen and oxygen atoms in total. The van der Waals surface area contributed by atoms with Crippen molar-refractivity contribution < 1.29 is 21.6 Å². The van der Waals surface area contributed by atoms with Crippen LogP contribution in [-0.4, -0.2) is 49.1 Å². The molecule has 0 saturated carbocycles. The second-order valence-electron chi connectivity index (χ2n) is 6.51. The molecule has 11 heteroatoms. The van der Waals surface area contributed by atoms with E-state index in [9.17, 15) is 21.6 Å². The normalized spacial score (nSPS) is 16.3. The van der Waals surface area contributed by atoms with Gasteiger partial charge in [-0.3, -0.25) is 5.10 Å². The summed E-state index contributed by atoms with van der Waals surface area (Å²) < 4.78 is 65.6. The van der Waals surface area contributed by atoms with Crippen molar-refractivity contribution in [3.05, 3.63) is 54.2 Å². The first-order chi connectivity index (χ1) is 13.7. The molecule has 2 aromatic heterocycles. The number of thiophene rings is 1. The van der Waals surface area contributed by atoms with Crippen molar-refractivity contribution in [3.8, 4) is 10.6 Å². The van der Waals surface area contributed by atoms with E-state index < -0.39 is 21.9 Å². The van der Waals surface area contributed by atoms with Gasteiger partial charge in [0, 0.05) is 31.9 Å². The van der Waals surface area contributed by atoms with Crippen LogP contribution in [-0.2, 0) is 16.2 Å². The van der Waals surface area contributed by atoms with E-state index >= 15 is 0 Å². The molecule has 0 aliphatic carbocycles. The third-order valence-corrected chi connectivity index (χ3v) is 8.14. The minimum Gasteiger partial charge on any atom is -0.369 e. The van der Waals surface area contributed by atoms with Gasteiger partial charge in [-0.15, -0.1) is 11.3 Å². The van der Waals surface area contributed by atoms with Crippen molar-refractivity contribution in [1.82, 2.24) is 14.5 Å². The number of sulfonamides is 1. The fourth-order valence-corrected chi connectivity index (χ4v) is 5.99. The molecular weight excluding hydrogens is 425 g/mol. The van der Waals surface area contributed by atoms with Crippen molar-refractivity contribution in [1.29, 1.82) is 0 Å². The summed E-state index contributed by atoms with van der Waals surface area (Å²) in [5.41, 5.74) is 0.141. The summed E-state index contributed by atoms with van der Waals surface area (Å²) in [6.07, 6.45) is -4.53. The molecular formula is C18H17F3N4O2S2. The van der Waals surface area contributed by atoms with E-state index in [0.29, 0.717) is 31.1 Å². The van der Waals surface area contributed by atoms with Gasteiger partial charge >= 0.3 is 6.18 Å². The highest BCUT2D eigenvalue weighted by molar-refractivity contribution is 7.91. The number of anilines is 1. The minimum atomic E-state index is -4.53. The van der Waals surface area contributed by atoms with E-state index in [2.05, 4.69) is 10.00 Å². The fourth-order valence-electron chi connectivity index (χ4n) is 3.14. The van der Waals surface area contributed by atoms with Crippen molar-refractivity contribution in [2.45, 2.75) is 10.4 Å². The number of nitrogens with one attached hydrogen (secondary N) is 1. The molecule has 1 aromatic carbocycles. The number of nitrogens with zero attached hydrogens (tertiary/aromatic N) is 3. The van der Waals surface area contributed by atoms with E-state index in [1.807, 2.05) is 35.4 Å². The fraction of sp³-hybridized carbons (Fsp3) is 0.278. The predicted octanol–water partition coefficient (Wildman–Crippen LogP) is 3.67. The summed E-state index contributed by atoms with van der Waals surface area (Å²) >= 11 is 0.915. The molecule has 0 unspecified atom stereocenters. The number of rotatable bonds is 4. The number of halogens is 3. The summed E-state index contributed by atoms with van der Waals surface area (Å²) in [4.78, 5) is 2.48. The van der Waals surface area contributed by atoms with Crippen LogP contribution in [0, 0.1) is 0 Å². The molecule has 0 amide bonds. The van der Waals surface area contributed by atoms with Gasteiger partial charge in [0.05, 0.1) is 4.88 Å². The maximum Gasteiger partial charge on any atom is 0.432 e. The van der Waals surface area contributed by atoms with Crippen LogP contribution >= 0.6 is 11.3 Å². The van der Waals surface area contributed by atoms with Crippen LogP contribution in [0.1, 0.15) is 5.69 Å². The highest BCUT2D eigenvalue weighted by Gasteiger charge is 2.34. The highest BCUT2D eigenvalue weighted by Crippen LogP contribution is 2.35. The smallest absolute Gasteiger partial charge is 0.369 e. The van der Waals surface area contributed by atoms with Gasteiger partial charge in [-0.1, -0.05) is 18.2 Å². The largest absolute Gasteiger partial charge is 0.432 e. The summed E-state index contributed by atoms with van der Waals surface area (Å²) in [5, 5.41) is 5.60. The Morgan fingerprint density at radius 1 is 1.00 bits per heavy atom. The molecule has 0 radical (unpaired) electrons. The van der Waals surface area contributed by atoms with Gasteiger partial charge in [-0.05, 0) is 30.3 Å². The molecule has 1 saturated heterocycles. The van der Waals surface area contributed by atoms with Gasteiger partial charge < -0.3 is 4.90 Å². The van der Waals surface area contributed by atoms with Gasteiger partial charge in [0.1, 0.15) is 15.6 Å². The second kappa shape index (κ2) is 7.47. The Kier molecular flexibility index (Phi) is 5.13. The molecule has 3 aromatic rings. The van der Waals surface area contributed by atoms with E-state index in [1.165, 1.54) is 16.4 Å². The first-order valence-electron chi connectivity index (χ1n) is 8.78. The first-order valence-corrected chi connectivity index (χ1v) is 11.0. The average Bonchev–Trinajstić information content (AvgIpc) is 3.38. The van der Waals surface area contributed by atoms with Crippen LogP contribution in [0.5, 0.6) is 0 Å². The van der Waals surface area contributed by atoms with E-state index in [-0.39, 0.29) is 9.90 Å². The Bertz CT molecular complexity index is 1090. The van der Waals surface area contributed by atoms with Crippen LogP contribution in [0.15, 0.2) is 52.7 Å². The topological polar surface area (TPSA) is 69.3 Å². The molecule has 1 aliphatic heterocycles. The first kappa shape index (κ1) is 19.9. The number of hydrogen-bond acceptors (Lipinski definition) is 5. The van der Waals surface area contributed by atoms with Crippen LogP contribution in [0.25, 0.3) is 10.6 Å². The lowest BCUT2D eigenvalue weighted by molar-refractivity contribution is -0.141. The predicted molar refractivity (Wildman–Crippen MR) is 104 cm³/mol. The van der Waals surface area contributed by atoms with Crippen molar-refractivity contribution >= 4 is 27.0 Å². The van der Waals surface area contributed by atoms with Crippen LogP contribution in [0.4, 0.5) is 18.9 Å². The lowest BCUT2D eigenvalue weighted by Gasteiger charge is -2.35. The molecule has 1 aliphatic rings. The molecule has 0 bridgehead atoms. The SMILES string of the molecule is O=S(=O)(c1ccc(-c2cc(C(F)(F)F)[nH]n2)s1)N1CCN(c2ccccc2)CC1. The standard InChI is InChI=1S/C18H17F3N4O2S2/c19-18(20,21)16-12-14(22-23-16)15-6-7-17(28-15)29(26,27)25-10-8-24(9-11-25)13-4-2-1-3-5-13/h1-7,12H,8-11H2,(H,22,23). The summed E-state index contributed by atoms with van der Waals surface area (Å²) in [6, 6.07) is 13.5. The van der Waals surface area contributed by atoms with Crippen molar-refractivity contribution in [3.63, 3.8) is 0 Å². The molecule has 0 spiro atoms. The maximum absolute atomic E-state index is 12.9. The number of aromatic nitrogens is 2. The number of piperazine rings is 1. The summed E-state index contributed by atoms with van der Waals surface area (Å²) in [5.74, 6) is 0. The minimum absolute atomic E-state index is 0.0673. The number of hydrogen-bond donors (Lipinski definition) is 1. The van der Waals surface area contributed by atoms with Crippen LogP contribution in [0.3, 0.4) is 0 Å². The second-order valence-corrected chi connectivity index (χ2v) is 9.76. The summed E-state index contributed by atoms with van der Waals surface area (Å²) in [7, 11) is -3.71. The Balaban J connectivity index is 1.48. The Morgan fingerprint density at radius 2 is 1.69 bits per heavy atom. The van der Waals surface area contributed by atoms with Gasteiger partial charge in [0.25, 0.3) is 10.0 Å². The monoisotopic (exact) mass is 442 g/mol. The summed E-state index contributed by atoms with van der Waals surface area (Å²) in [6.45, 7) is 1.81. The van der Waals surface area contributed by atoms with Gasteiger partial charge in [-0.25, -0.2) is 8.42 Å². The average molecular weight is 442 g/mol. The Morgan fingerprint density at radius 3 is 2.31 bits per heavy atom. The molecule has 29 heavy (non-hydrogen) atoms. The Labute approximate surface area is 169 Å². The van der Waals surface area contributed by atoms with E-state index in [4.69, 9.17) is 0 Å². The molecule has 0 atom stereocenters. The maximum atomic E-state index is 12.9. The van der Waals surface area contributed by atoms with Gasteiger partial charge in [0.15, 0.2) is 0 Å². The Hall–Kier alpha value is -2.37. The number of alkyl halides is 3. The van der Waals surface area contributed by atoms with Crippen LogP contribution in [0.2, 0.25) is 0 Å². The van der Waals surface area contributed by atoms with Crippen molar-refractivity contribution in [2.24, 2.45) is 0 Å². The lowest BCUT2D eigenvalue weighted by atomic mass is 10.2. The van der Waals surface area contributed by atoms with Gasteiger partial charge in [-0.2, -0.15) is 22.6 Å². The zero-order chi connectivity index (χ0) is 20.6. The third-order valence-electron chi connectivity index (χ3n) is 4.67. The van der Waals surface area contributed by atoms with Crippen molar-refractivity contribution in [2.75, 3.05) is 31.1 Å². The van der Waals surface area contributed by atoms with Gasteiger partial charge in [0.2, 0.25) is 0 Å². The van der Waals surface area contributed by atoms with Crippen LogP contribution < -0.4 is 4.90 Å². The number of para-hydroxylation sites is 1. The van der Waals surface area contributed by atoms with E-state index in [1.54, 1.807) is 0 Å². The zero-order valence-corrected chi connectivity index (χ0v) is 16.7. The lowest BCUT2D eigenvalue weighted by Crippen LogP contribution is -2.48. The quantitative estimate of drug-likeness (QED) is 0.670. The molecule has 4 rings (SSSR count). The number of benzene rings is 1. The molecule has 1 N–H and O–H groups in total. The molecule has 1 fully saturated rings. The third kappa shape index (κ3) is 4.02. The zero-order valence-electron chi connectivity index (χ0n) is 15.1. The highest BCUT2D eigenvalue weighted by atomic mass is 32.2. The number of H-pyrrole nitrogens is 1. The van der Waals surface area contributed by atoms with E-state index in [0.717, 1.165) is 23.1 Å². The molecule has 154 valence electrons.